The Hall–Kier alpha value is -1.75. The summed E-state index contributed by atoms with van der Waals surface area (Å²) >= 11 is 0. The van der Waals surface area contributed by atoms with Gasteiger partial charge in [0.2, 0.25) is 0 Å². The van der Waals surface area contributed by atoms with E-state index in [2.05, 4.69) is 10.6 Å². The normalized spacial score (nSPS) is 10.3. The second-order valence-corrected chi connectivity index (χ2v) is 4.63. The largest absolute Gasteiger partial charge is 0.378 e. The average Bonchev–Trinajstić information content (AvgIpc) is 2.28. The highest BCUT2D eigenvalue weighted by molar-refractivity contribution is 5.89. The van der Waals surface area contributed by atoms with Crippen molar-refractivity contribution in [2.24, 2.45) is 0 Å². The number of hydrogen-bond acceptors (Lipinski definition) is 3. The minimum Gasteiger partial charge on any atom is -0.378 e. The number of benzene rings is 1. The summed E-state index contributed by atoms with van der Waals surface area (Å²) in [4.78, 5) is 15.6. The number of carbonyl (C=O) groups excluding carboxylic acids is 1. The van der Waals surface area contributed by atoms with E-state index in [1.807, 2.05) is 62.3 Å². The molecule has 0 bridgehead atoms. The highest BCUT2D eigenvalue weighted by Crippen LogP contribution is 2.16. The lowest BCUT2D eigenvalue weighted by molar-refractivity contribution is 0.250. The molecular weight excluding hydrogens is 228 g/mol. The maximum Gasteiger partial charge on any atom is 0.319 e. The zero-order chi connectivity index (χ0) is 13.5. The van der Waals surface area contributed by atoms with Crippen LogP contribution < -0.4 is 15.5 Å². The SMILES string of the molecule is CN(C)CCNC(=O)Nc1cccc(N(C)C)c1. The molecule has 1 aromatic rings. The van der Waals surface area contributed by atoms with Crippen LogP contribution in [0.2, 0.25) is 0 Å². The van der Waals surface area contributed by atoms with Crippen molar-refractivity contribution in [3.63, 3.8) is 0 Å². The maximum absolute atomic E-state index is 11.6. The van der Waals surface area contributed by atoms with Gasteiger partial charge in [-0.25, -0.2) is 4.79 Å². The lowest BCUT2D eigenvalue weighted by Gasteiger charge is -2.14. The van der Waals surface area contributed by atoms with Gasteiger partial charge in [0.1, 0.15) is 0 Å². The first kappa shape index (κ1) is 14.3. The van der Waals surface area contributed by atoms with Crippen molar-refractivity contribution in [2.75, 3.05) is 51.5 Å². The molecule has 0 spiro atoms. The van der Waals surface area contributed by atoms with Gasteiger partial charge in [0.25, 0.3) is 0 Å². The molecular formula is C13H22N4O. The first-order valence-electron chi connectivity index (χ1n) is 5.96. The topological polar surface area (TPSA) is 47.6 Å². The minimum atomic E-state index is -0.173. The Labute approximate surface area is 109 Å². The molecule has 1 aromatic carbocycles. The molecule has 0 aliphatic heterocycles. The predicted molar refractivity (Wildman–Crippen MR) is 76.3 cm³/mol. The molecule has 5 nitrogen and oxygen atoms in total. The van der Waals surface area contributed by atoms with Gasteiger partial charge in [0.15, 0.2) is 0 Å². The Kier molecular flexibility index (Phi) is 5.45. The Morgan fingerprint density at radius 1 is 1.22 bits per heavy atom. The number of rotatable bonds is 5. The third-order valence-corrected chi connectivity index (χ3v) is 2.46. The van der Waals surface area contributed by atoms with E-state index in [1.165, 1.54) is 0 Å². The number of urea groups is 1. The van der Waals surface area contributed by atoms with E-state index in [9.17, 15) is 4.79 Å². The summed E-state index contributed by atoms with van der Waals surface area (Å²) in [6.07, 6.45) is 0. The Bertz CT molecular complexity index is 390. The first-order valence-corrected chi connectivity index (χ1v) is 5.96. The van der Waals surface area contributed by atoms with Crippen LogP contribution in [0.25, 0.3) is 0 Å². The second kappa shape index (κ2) is 6.86. The number of amides is 2. The van der Waals surface area contributed by atoms with Crippen molar-refractivity contribution in [1.29, 1.82) is 0 Å². The van der Waals surface area contributed by atoms with Gasteiger partial charge in [-0.05, 0) is 32.3 Å². The summed E-state index contributed by atoms with van der Waals surface area (Å²) < 4.78 is 0. The predicted octanol–water partition coefficient (Wildman–Crippen LogP) is 1.44. The number of likely N-dealkylation sites (N-methyl/N-ethyl adjacent to an activating group) is 1. The number of nitrogens with one attached hydrogen (secondary N) is 2. The molecule has 0 radical (unpaired) electrons. The van der Waals surface area contributed by atoms with Crippen LogP contribution in [0, 0.1) is 0 Å². The smallest absolute Gasteiger partial charge is 0.319 e. The van der Waals surface area contributed by atoms with Crippen molar-refractivity contribution in [3.8, 4) is 0 Å². The van der Waals surface area contributed by atoms with Crippen LogP contribution in [-0.4, -0.2) is 52.2 Å². The number of carbonyl (C=O) groups is 1. The fraction of sp³-hybridized carbons (Fsp3) is 0.462. The van der Waals surface area contributed by atoms with Gasteiger partial charge >= 0.3 is 6.03 Å². The Morgan fingerprint density at radius 2 is 1.94 bits per heavy atom. The number of anilines is 2. The summed E-state index contributed by atoms with van der Waals surface area (Å²) in [7, 11) is 7.88. The molecule has 0 fully saturated rings. The van der Waals surface area contributed by atoms with E-state index in [0.29, 0.717) is 6.54 Å². The summed E-state index contributed by atoms with van der Waals surface area (Å²) in [6, 6.07) is 7.55. The molecule has 100 valence electrons. The fourth-order valence-corrected chi connectivity index (χ4v) is 1.43. The monoisotopic (exact) mass is 250 g/mol. The summed E-state index contributed by atoms with van der Waals surface area (Å²) in [5, 5.41) is 5.62. The van der Waals surface area contributed by atoms with Crippen LogP contribution in [-0.2, 0) is 0 Å². The van der Waals surface area contributed by atoms with Gasteiger partial charge in [0.05, 0.1) is 0 Å². The van der Waals surface area contributed by atoms with Gasteiger partial charge in [-0.2, -0.15) is 0 Å². The molecule has 0 unspecified atom stereocenters. The zero-order valence-electron chi connectivity index (χ0n) is 11.5. The van der Waals surface area contributed by atoms with E-state index < -0.39 is 0 Å². The summed E-state index contributed by atoms with van der Waals surface area (Å²) in [6.45, 7) is 1.46. The molecule has 0 heterocycles. The second-order valence-electron chi connectivity index (χ2n) is 4.63. The number of nitrogens with zero attached hydrogens (tertiary/aromatic N) is 2. The molecule has 0 aliphatic rings. The molecule has 0 aliphatic carbocycles. The third-order valence-electron chi connectivity index (χ3n) is 2.46. The molecule has 1 rings (SSSR count). The maximum atomic E-state index is 11.6. The van der Waals surface area contributed by atoms with Gasteiger partial charge in [-0.1, -0.05) is 6.07 Å². The van der Waals surface area contributed by atoms with E-state index in [1.54, 1.807) is 0 Å². The molecule has 0 atom stereocenters. The first-order chi connectivity index (χ1) is 8.49. The van der Waals surface area contributed by atoms with Crippen LogP contribution in [0.1, 0.15) is 0 Å². The molecule has 2 N–H and O–H groups in total. The quantitative estimate of drug-likeness (QED) is 0.831. The van der Waals surface area contributed by atoms with E-state index >= 15 is 0 Å². The summed E-state index contributed by atoms with van der Waals surface area (Å²) in [5.41, 5.74) is 1.85. The molecule has 2 amide bonds. The van der Waals surface area contributed by atoms with Crippen LogP contribution in [0.4, 0.5) is 16.2 Å². The fourth-order valence-electron chi connectivity index (χ4n) is 1.43. The van der Waals surface area contributed by atoms with Gasteiger partial charge in [-0.15, -0.1) is 0 Å². The van der Waals surface area contributed by atoms with E-state index in [4.69, 9.17) is 0 Å². The van der Waals surface area contributed by atoms with Crippen LogP contribution in [0.3, 0.4) is 0 Å². The van der Waals surface area contributed by atoms with Crippen LogP contribution >= 0.6 is 0 Å². The van der Waals surface area contributed by atoms with Gasteiger partial charge < -0.3 is 20.4 Å². The van der Waals surface area contributed by atoms with Crippen molar-refractivity contribution in [1.82, 2.24) is 10.2 Å². The van der Waals surface area contributed by atoms with Gasteiger partial charge in [0, 0.05) is 38.6 Å². The highest BCUT2D eigenvalue weighted by atomic mass is 16.2. The van der Waals surface area contributed by atoms with Gasteiger partial charge in [-0.3, -0.25) is 0 Å². The van der Waals surface area contributed by atoms with E-state index in [0.717, 1.165) is 17.9 Å². The zero-order valence-corrected chi connectivity index (χ0v) is 11.5. The standard InChI is InChI=1S/C13H22N4O/c1-16(2)9-8-14-13(18)15-11-6-5-7-12(10-11)17(3)4/h5-7,10H,8-9H2,1-4H3,(H2,14,15,18). The molecule has 0 saturated carbocycles. The Balaban J connectivity index is 2.46. The Morgan fingerprint density at radius 3 is 2.56 bits per heavy atom. The van der Waals surface area contributed by atoms with Crippen LogP contribution in [0.15, 0.2) is 24.3 Å². The number of hydrogen-bond donors (Lipinski definition) is 2. The molecule has 0 saturated heterocycles. The lowest BCUT2D eigenvalue weighted by Crippen LogP contribution is -2.34. The van der Waals surface area contributed by atoms with Crippen molar-refractivity contribution < 1.29 is 4.79 Å². The molecule has 18 heavy (non-hydrogen) atoms. The van der Waals surface area contributed by atoms with E-state index in [-0.39, 0.29) is 6.03 Å². The molecule has 0 aromatic heterocycles. The van der Waals surface area contributed by atoms with Crippen molar-refractivity contribution >= 4 is 17.4 Å². The lowest BCUT2D eigenvalue weighted by atomic mass is 10.2. The molecule has 5 heteroatoms. The average molecular weight is 250 g/mol. The highest BCUT2D eigenvalue weighted by Gasteiger charge is 2.02. The third kappa shape index (κ3) is 5.05. The summed E-state index contributed by atoms with van der Waals surface area (Å²) in [5.74, 6) is 0. The van der Waals surface area contributed by atoms with Crippen molar-refractivity contribution in [2.45, 2.75) is 0 Å². The van der Waals surface area contributed by atoms with Crippen molar-refractivity contribution in [3.05, 3.63) is 24.3 Å². The van der Waals surface area contributed by atoms with Crippen LogP contribution in [0.5, 0.6) is 0 Å². The minimum absolute atomic E-state index is 0.173.